The fourth-order valence-corrected chi connectivity index (χ4v) is 5.40. The normalized spacial score (nSPS) is 14.7. The summed E-state index contributed by atoms with van der Waals surface area (Å²) in [6.07, 6.45) is 3.93. The van der Waals surface area contributed by atoms with Gasteiger partial charge in [0.1, 0.15) is 16.5 Å². The lowest BCUT2D eigenvalue weighted by atomic mass is 10.1. The number of hydrogen-bond donors (Lipinski definition) is 0. The Labute approximate surface area is 191 Å². The zero-order chi connectivity index (χ0) is 23.4. The molecule has 1 aromatic heterocycles. The summed E-state index contributed by atoms with van der Waals surface area (Å²) in [7, 11) is -4.08. The summed E-state index contributed by atoms with van der Waals surface area (Å²) in [5, 5.41) is 0. The number of pyridine rings is 1. The van der Waals surface area contributed by atoms with E-state index in [1.165, 1.54) is 39.5 Å². The molecule has 2 aromatic carbocycles. The molecule has 0 spiro atoms. The fourth-order valence-electron chi connectivity index (χ4n) is 3.79. The molecule has 1 fully saturated rings. The highest BCUT2D eigenvalue weighted by Gasteiger charge is 2.30. The van der Waals surface area contributed by atoms with E-state index in [1.54, 1.807) is 24.4 Å². The first-order chi connectivity index (χ1) is 15.9. The number of carbonyl (C=O) groups is 1. The predicted octanol–water partition coefficient (Wildman–Crippen LogP) is 4.38. The highest BCUT2D eigenvalue weighted by molar-refractivity contribution is 7.89. The van der Waals surface area contributed by atoms with E-state index >= 15 is 0 Å². The minimum Gasteiger partial charge on any atom is -0.302 e. The molecule has 0 bridgehead atoms. The third-order valence-corrected chi connectivity index (χ3v) is 7.45. The monoisotopic (exact) mass is 471 g/mol. The number of halogens is 2. The summed E-state index contributed by atoms with van der Waals surface area (Å²) in [5.74, 6) is -1.92. The van der Waals surface area contributed by atoms with Gasteiger partial charge in [0.2, 0.25) is 10.0 Å². The van der Waals surface area contributed by atoms with Crippen molar-refractivity contribution in [2.75, 3.05) is 18.0 Å². The Hall–Kier alpha value is -3.17. The third kappa shape index (κ3) is 5.09. The fraction of sp³-hybridized carbons (Fsp3) is 0.250. The first-order valence-corrected chi connectivity index (χ1v) is 12.1. The maximum atomic E-state index is 14.6. The summed E-state index contributed by atoms with van der Waals surface area (Å²) >= 11 is 0. The first-order valence-electron chi connectivity index (χ1n) is 10.6. The van der Waals surface area contributed by atoms with E-state index in [9.17, 15) is 22.0 Å². The Kier molecular flexibility index (Phi) is 6.80. The second-order valence-corrected chi connectivity index (χ2v) is 9.71. The Balaban J connectivity index is 1.71. The van der Waals surface area contributed by atoms with Crippen LogP contribution in [-0.4, -0.2) is 36.7 Å². The van der Waals surface area contributed by atoms with Gasteiger partial charge in [0, 0.05) is 30.5 Å². The van der Waals surface area contributed by atoms with Gasteiger partial charge in [0.15, 0.2) is 0 Å². The van der Waals surface area contributed by atoms with Gasteiger partial charge in [0.25, 0.3) is 5.91 Å². The van der Waals surface area contributed by atoms with Crippen LogP contribution in [-0.2, 0) is 16.6 Å². The molecule has 9 heteroatoms. The standard InChI is InChI=1S/C24H23F2N3O3S/c25-19-8-10-21(11-9-19)29(17-20-6-2-3-13-27-20)24(30)18-7-12-22(26)23(16-18)33(31,32)28-14-4-1-5-15-28/h2-3,6-13,16H,1,4-5,14-15,17H2. The minimum absolute atomic E-state index is 0.00670. The average Bonchev–Trinajstić information content (AvgIpc) is 2.84. The molecule has 0 unspecified atom stereocenters. The molecule has 0 radical (unpaired) electrons. The third-order valence-electron chi connectivity index (χ3n) is 5.54. The number of sulfonamides is 1. The van der Waals surface area contributed by atoms with E-state index in [4.69, 9.17) is 0 Å². The van der Waals surface area contributed by atoms with Crippen molar-refractivity contribution < 1.29 is 22.0 Å². The Morgan fingerprint density at radius 3 is 2.36 bits per heavy atom. The number of carbonyl (C=O) groups excluding carboxylic acids is 1. The molecular formula is C24H23F2N3O3S. The lowest BCUT2D eigenvalue weighted by Crippen LogP contribution is -2.36. The number of rotatable bonds is 6. The van der Waals surface area contributed by atoms with Gasteiger partial charge in [-0.1, -0.05) is 12.5 Å². The number of hydrogen-bond acceptors (Lipinski definition) is 4. The van der Waals surface area contributed by atoms with E-state index in [1.807, 2.05) is 0 Å². The zero-order valence-electron chi connectivity index (χ0n) is 17.8. The zero-order valence-corrected chi connectivity index (χ0v) is 18.6. The van der Waals surface area contributed by atoms with E-state index in [0.29, 0.717) is 37.3 Å². The minimum atomic E-state index is -4.08. The van der Waals surface area contributed by atoms with Crippen LogP contribution < -0.4 is 4.90 Å². The van der Waals surface area contributed by atoms with E-state index in [0.717, 1.165) is 18.6 Å². The van der Waals surface area contributed by atoms with Gasteiger partial charge in [-0.15, -0.1) is 0 Å². The topological polar surface area (TPSA) is 70.6 Å². The van der Waals surface area contributed by atoms with Crippen molar-refractivity contribution in [1.29, 1.82) is 0 Å². The number of amides is 1. The maximum absolute atomic E-state index is 14.6. The van der Waals surface area contributed by atoms with Crippen molar-refractivity contribution in [2.24, 2.45) is 0 Å². The van der Waals surface area contributed by atoms with Gasteiger partial charge in [0.05, 0.1) is 12.2 Å². The van der Waals surface area contributed by atoms with Crippen molar-refractivity contribution in [1.82, 2.24) is 9.29 Å². The van der Waals surface area contributed by atoms with Gasteiger partial charge >= 0.3 is 0 Å². The Morgan fingerprint density at radius 1 is 0.970 bits per heavy atom. The molecule has 1 aliphatic heterocycles. The Bertz CT molecular complexity index is 1230. The summed E-state index contributed by atoms with van der Waals surface area (Å²) in [4.78, 5) is 18.5. The van der Waals surface area contributed by atoms with Crippen LogP contribution in [0.15, 0.2) is 71.8 Å². The van der Waals surface area contributed by atoms with Crippen LogP contribution in [0.1, 0.15) is 35.3 Å². The van der Waals surface area contributed by atoms with Crippen LogP contribution >= 0.6 is 0 Å². The van der Waals surface area contributed by atoms with Gasteiger partial charge in [-0.25, -0.2) is 17.2 Å². The van der Waals surface area contributed by atoms with Crippen LogP contribution in [0.2, 0.25) is 0 Å². The smallest absolute Gasteiger partial charge is 0.258 e. The highest BCUT2D eigenvalue weighted by atomic mass is 32.2. The number of anilines is 1. The van der Waals surface area contributed by atoms with Crippen molar-refractivity contribution in [3.05, 3.63) is 89.8 Å². The number of aromatic nitrogens is 1. The average molecular weight is 472 g/mol. The van der Waals surface area contributed by atoms with Crippen LogP contribution in [0.25, 0.3) is 0 Å². The molecule has 0 atom stereocenters. The van der Waals surface area contributed by atoms with Gasteiger partial charge in [-0.05, 0) is 67.4 Å². The molecule has 0 saturated carbocycles. The van der Waals surface area contributed by atoms with Crippen LogP contribution in [0.4, 0.5) is 14.5 Å². The van der Waals surface area contributed by atoms with E-state index in [2.05, 4.69) is 4.98 Å². The van der Waals surface area contributed by atoms with Gasteiger partial charge in [-0.2, -0.15) is 4.31 Å². The second kappa shape index (κ2) is 9.76. The molecule has 3 aromatic rings. The highest BCUT2D eigenvalue weighted by Crippen LogP contribution is 2.26. The van der Waals surface area contributed by atoms with Crippen LogP contribution in [0, 0.1) is 11.6 Å². The number of nitrogens with zero attached hydrogens (tertiary/aromatic N) is 3. The first kappa shape index (κ1) is 23.0. The van der Waals surface area contributed by atoms with Gasteiger partial charge in [-0.3, -0.25) is 9.78 Å². The molecule has 6 nitrogen and oxygen atoms in total. The summed E-state index contributed by atoms with van der Waals surface area (Å²) in [6.45, 7) is 0.708. The van der Waals surface area contributed by atoms with E-state index < -0.39 is 32.5 Å². The number of benzene rings is 2. The lowest BCUT2D eigenvalue weighted by Gasteiger charge is -2.26. The summed E-state index contributed by atoms with van der Waals surface area (Å²) in [6, 6.07) is 13.9. The van der Waals surface area contributed by atoms with Crippen molar-refractivity contribution in [2.45, 2.75) is 30.7 Å². The molecule has 1 saturated heterocycles. The Morgan fingerprint density at radius 2 is 1.70 bits per heavy atom. The molecule has 0 N–H and O–H groups in total. The SMILES string of the molecule is O=C(c1ccc(F)c(S(=O)(=O)N2CCCCC2)c1)N(Cc1ccccn1)c1ccc(F)cc1. The second-order valence-electron chi connectivity index (χ2n) is 7.80. The molecule has 0 aliphatic carbocycles. The molecule has 1 amide bonds. The molecule has 4 rings (SSSR count). The van der Waals surface area contributed by atoms with Crippen molar-refractivity contribution >= 4 is 21.6 Å². The lowest BCUT2D eigenvalue weighted by molar-refractivity contribution is 0.0984. The summed E-state index contributed by atoms with van der Waals surface area (Å²) in [5.41, 5.74) is 0.988. The quantitative estimate of drug-likeness (QED) is 0.535. The van der Waals surface area contributed by atoms with Gasteiger partial charge < -0.3 is 4.90 Å². The van der Waals surface area contributed by atoms with Crippen LogP contribution in [0.5, 0.6) is 0 Å². The van der Waals surface area contributed by atoms with E-state index in [-0.39, 0.29) is 12.1 Å². The van der Waals surface area contributed by atoms with Crippen molar-refractivity contribution in [3.8, 4) is 0 Å². The number of piperidine rings is 1. The van der Waals surface area contributed by atoms with Crippen LogP contribution in [0.3, 0.4) is 0 Å². The molecule has 1 aliphatic rings. The molecule has 2 heterocycles. The maximum Gasteiger partial charge on any atom is 0.258 e. The predicted molar refractivity (Wildman–Crippen MR) is 120 cm³/mol. The molecule has 172 valence electrons. The molecular weight excluding hydrogens is 448 g/mol. The summed E-state index contributed by atoms with van der Waals surface area (Å²) < 4.78 is 55.5. The largest absolute Gasteiger partial charge is 0.302 e. The molecule has 33 heavy (non-hydrogen) atoms. The van der Waals surface area contributed by atoms with Crippen molar-refractivity contribution in [3.63, 3.8) is 0 Å².